The van der Waals surface area contributed by atoms with Crippen LogP contribution in [0.2, 0.25) is 5.25 Å². The van der Waals surface area contributed by atoms with E-state index in [1.807, 2.05) is 0 Å². The fourth-order valence-corrected chi connectivity index (χ4v) is 1.11. The van der Waals surface area contributed by atoms with Crippen molar-refractivity contribution < 1.29 is 9.90 Å². The quantitative estimate of drug-likeness (QED) is 0.524. The molecule has 0 aliphatic rings. The first kappa shape index (κ1) is 6.01. The molecule has 0 rings (SSSR count). The van der Waals surface area contributed by atoms with Crippen molar-refractivity contribution in [3.05, 3.63) is 0 Å². The number of hydrogen-bond donors (Lipinski definition) is 1. The third-order valence-electron chi connectivity index (χ3n) is 0.464. The summed E-state index contributed by atoms with van der Waals surface area (Å²) < 4.78 is 0. The summed E-state index contributed by atoms with van der Waals surface area (Å²) in [5.41, 5.74) is 0. The maximum atomic E-state index is 9.63. The van der Waals surface area contributed by atoms with Crippen LogP contribution in [0, 0.1) is 0 Å². The molecule has 0 amide bonds. The van der Waals surface area contributed by atoms with Gasteiger partial charge in [0.25, 0.3) is 0 Å². The van der Waals surface area contributed by atoms with Gasteiger partial charge >= 0.3 is 44.1 Å². The molecule has 2 nitrogen and oxygen atoms in total. The van der Waals surface area contributed by atoms with Gasteiger partial charge in [-0.05, 0) is 0 Å². The molecule has 0 aromatic heterocycles. The Balaban J connectivity index is 2.83. The Hall–Kier alpha value is 0.0129. The fourth-order valence-electron chi connectivity index (χ4n) is 0.214. The van der Waals surface area contributed by atoms with Gasteiger partial charge in [0.2, 0.25) is 0 Å². The van der Waals surface area contributed by atoms with Crippen LogP contribution in [-0.4, -0.2) is 27.6 Å². The third kappa shape index (κ3) is 4.01. The summed E-state index contributed by atoms with van der Waals surface area (Å²) in [4.78, 5) is 9.63. The number of aliphatic carboxylic acids is 1. The second kappa shape index (κ2) is 3.21. The number of carboxylic acid groups (broad SMARTS) is 1. The van der Waals surface area contributed by atoms with E-state index in [-0.39, 0.29) is 0 Å². The number of rotatable bonds is 2. The van der Waals surface area contributed by atoms with Crippen LogP contribution in [0.5, 0.6) is 0 Å². The summed E-state index contributed by atoms with van der Waals surface area (Å²) in [6.45, 7) is 0. The van der Waals surface area contributed by atoms with Gasteiger partial charge in [-0.2, -0.15) is 0 Å². The average molecular weight is 149 g/mol. The van der Waals surface area contributed by atoms with E-state index in [2.05, 4.69) is 0 Å². The Morgan fingerprint density at radius 2 is 2.33 bits per heavy atom. The van der Waals surface area contributed by atoms with Crippen molar-refractivity contribution in [1.82, 2.24) is 0 Å². The molecule has 0 heterocycles. The normalized spacial score (nSPS) is 8.67. The van der Waals surface area contributed by atoms with Crippen LogP contribution in [-0.2, 0) is 4.79 Å². The van der Waals surface area contributed by atoms with Crippen LogP contribution in [0.15, 0.2) is 0 Å². The monoisotopic (exact) mass is 150 g/mol. The molecule has 0 aromatic rings. The van der Waals surface area contributed by atoms with Crippen LogP contribution in [0.3, 0.4) is 0 Å². The minimum absolute atomic E-state index is 0.375. The molecule has 6 heavy (non-hydrogen) atoms. The van der Waals surface area contributed by atoms with Gasteiger partial charge in [-0.1, -0.05) is 0 Å². The summed E-state index contributed by atoms with van der Waals surface area (Å²) in [5, 5.41) is 8.86. The van der Waals surface area contributed by atoms with Crippen molar-refractivity contribution in [3.8, 4) is 0 Å². The molecule has 3 heteroatoms. The van der Waals surface area contributed by atoms with Crippen LogP contribution in [0.4, 0.5) is 0 Å². The Labute approximate surface area is 44.8 Å². The number of carboxylic acids is 1. The standard InChI is InChI=1S/C3H8GeO2/c4-2-1-3(5)6/h1-2H2,4H3,(H,5,6). The van der Waals surface area contributed by atoms with Crippen LogP contribution >= 0.6 is 0 Å². The van der Waals surface area contributed by atoms with E-state index in [9.17, 15) is 4.79 Å². The Bertz CT molecular complexity index is 52.8. The second-order valence-electron chi connectivity index (χ2n) is 1.14. The van der Waals surface area contributed by atoms with Gasteiger partial charge in [0.1, 0.15) is 0 Å². The summed E-state index contributed by atoms with van der Waals surface area (Å²) in [5.74, 6) is -0.664. The molecule has 0 spiro atoms. The van der Waals surface area contributed by atoms with Crippen molar-refractivity contribution in [2.45, 2.75) is 11.7 Å². The number of carbonyl (C=O) groups is 1. The van der Waals surface area contributed by atoms with E-state index in [0.717, 1.165) is 5.25 Å². The molecular weight excluding hydrogens is 141 g/mol. The van der Waals surface area contributed by atoms with E-state index >= 15 is 0 Å². The first-order valence-electron chi connectivity index (χ1n) is 1.99. The zero-order valence-corrected chi connectivity index (χ0v) is 7.97. The molecule has 0 atom stereocenters. The van der Waals surface area contributed by atoms with Gasteiger partial charge in [-0.25, -0.2) is 0 Å². The molecule has 0 unspecified atom stereocenters. The molecule has 0 aliphatic carbocycles. The predicted octanol–water partition coefficient (Wildman–Crippen LogP) is -0.755. The summed E-state index contributed by atoms with van der Waals surface area (Å²) in [7, 11) is 0. The average Bonchev–Trinajstić information content (AvgIpc) is 1.35. The van der Waals surface area contributed by atoms with Gasteiger partial charge in [-0.15, -0.1) is 0 Å². The molecule has 0 saturated heterocycles. The van der Waals surface area contributed by atoms with Crippen LogP contribution in [0.25, 0.3) is 0 Å². The van der Waals surface area contributed by atoms with Gasteiger partial charge in [-0.3, -0.25) is 0 Å². The van der Waals surface area contributed by atoms with Gasteiger partial charge < -0.3 is 0 Å². The minimum atomic E-state index is -0.664. The Morgan fingerprint density at radius 1 is 1.83 bits per heavy atom. The Kier molecular flexibility index (Phi) is 3.22. The molecule has 0 fully saturated rings. The molecule has 0 aromatic carbocycles. The van der Waals surface area contributed by atoms with Crippen LogP contribution < -0.4 is 0 Å². The van der Waals surface area contributed by atoms with Crippen molar-refractivity contribution in [3.63, 3.8) is 0 Å². The van der Waals surface area contributed by atoms with Gasteiger partial charge in [0.15, 0.2) is 0 Å². The third-order valence-corrected chi connectivity index (χ3v) is 1.51. The molecule has 0 bridgehead atoms. The molecule has 0 aliphatic heterocycles. The molecule has 0 saturated carbocycles. The Morgan fingerprint density at radius 3 is 2.33 bits per heavy atom. The molecular formula is C3H8GeO2. The predicted molar refractivity (Wildman–Crippen MR) is 27.0 cm³/mol. The second-order valence-corrected chi connectivity index (χ2v) is 3.24. The first-order chi connectivity index (χ1) is 2.77. The first-order valence-corrected chi connectivity index (χ1v) is 4.96. The van der Waals surface area contributed by atoms with E-state index in [1.54, 1.807) is 0 Å². The van der Waals surface area contributed by atoms with E-state index in [1.165, 1.54) is 0 Å². The SMILES string of the molecule is O=C(O)C[CH2][GeH3]. The van der Waals surface area contributed by atoms with E-state index in [4.69, 9.17) is 5.11 Å². The van der Waals surface area contributed by atoms with Crippen molar-refractivity contribution >= 4 is 22.5 Å². The summed E-state index contributed by atoms with van der Waals surface area (Å²) in [6.07, 6.45) is 0.375. The topological polar surface area (TPSA) is 37.3 Å². The summed E-state index contributed by atoms with van der Waals surface area (Å²) >= 11 is 0.714. The fraction of sp³-hybridized carbons (Fsp3) is 0.667. The maximum absolute atomic E-state index is 9.63. The zero-order chi connectivity index (χ0) is 4.99. The van der Waals surface area contributed by atoms with E-state index < -0.39 is 5.97 Å². The molecule has 0 radical (unpaired) electrons. The summed E-state index contributed by atoms with van der Waals surface area (Å²) in [6, 6.07) is 0. The number of hydrogen-bond acceptors (Lipinski definition) is 1. The zero-order valence-electron chi connectivity index (χ0n) is 3.77. The molecule has 1 N–H and O–H groups in total. The molecule has 36 valence electrons. The van der Waals surface area contributed by atoms with Crippen LogP contribution in [0.1, 0.15) is 6.42 Å². The van der Waals surface area contributed by atoms with Gasteiger partial charge in [0.05, 0.1) is 0 Å². The van der Waals surface area contributed by atoms with Crippen molar-refractivity contribution in [2.24, 2.45) is 0 Å². The van der Waals surface area contributed by atoms with Crippen molar-refractivity contribution in [1.29, 1.82) is 0 Å². The van der Waals surface area contributed by atoms with Crippen molar-refractivity contribution in [2.75, 3.05) is 0 Å². The van der Waals surface area contributed by atoms with Gasteiger partial charge in [0, 0.05) is 0 Å². The van der Waals surface area contributed by atoms with E-state index in [0.29, 0.717) is 22.9 Å².